The predicted octanol–water partition coefficient (Wildman–Crippen LogP) is 6.12. The molecule has 0 saturated heterocycles. The highest BCUT2D eigenvalue weighted by Gasteiger charge is 2.08. The van der Waals surface area contributed by atoms with Crippen LogP contribution in [0.1, 0.15) is 71.6 Å². The molecular formula is C20H34O. The van der Waals surface area contributed by atoms with Crippen LogP contribution >= 0.6 is 0 Å². The molecule has 1 aliphatic rings. The molecule has 0 aromatic carbocycles. The Hall–Kier alpha value is -1.08. The lowest BCUT2D eigenvalue weighted by Gasteiger charge is -1.90. The average molecular weight is 290 g/mol. The Bertz CT molecular complexity index is 315. The highest BCUT2D eigenvalue weighted by molar-refractivity contribution is 5.17. The van der Waals surface area contributed by atoms with E-state index in [9.17, 15) is 0 Å². The molecule has 0 aromatic rings. The smallest absolute Gasteiger partial charge is 0.0402 e. The SMILES string of the molecule is CCCCC/C=C/C/C=C/C/C=C/CC=C1CC1.CCO. The minimum Gasteiger partial charge on any atom is -0.397 e. The summed E-state index contributed by atoms with van der Waals surface area (Å²) in [5, 5.41) is 7.57. The van der Waals surface area contributed by atoms with Crippen LogP contribution in [-0.4, -0.2) is 11.7 Å². The summed E-state index contributed by atoms with van der Waals surface area (Å²) in [5.74, 6) is 0. The number of unbranched alkanes of at least 4 members (excludes halogenated alkanes) is 3. The van der Waals surface area contributed by atoms with Crippen molar-refractivity contribution in [2.75, 3.05) is 6.61 Å². The molecule has 1 saturated carbocycles. The third kappa shape index (κ3) is 18.9. The summed E-state index contributed by atoms with van der Waals surface area (Å²) in [7, 11) is 0. The lowest BCUT2D eigenvalue weighted by Crippen LogP contribution is -1.70. The molecule has 0 aliphatic heterocycles. The van der Waals surface area contributed by atoms with Crippen LogP contribution in [0, 0.1) is 0 Å². The Balaban J connectivity index is 0.00000122. The van der Waals surface area contributed by atoms with Crippen molar-refractivity contribution in [1.29, 1.82) is 0 Å². The van der Waals surface area contributed by atoms with Gasteiger partial charge in [0.15, 0.2) is 0 Å². The van der Waals surface area contributed by atoms with E-state index in [1.165, 1.54) is 38.5 Å². The Labute approximate surface area is 132 Å². The van der Waals surface area contributed by atoms with Gasteiger partial charge in [-0.25, -0.2) is 0 Å². The third-order valence-electron chi connectivity index (χ3n) is 3.10. The molecule has 0 aromatic heterocycles. The zero-order valence-corrected chi connectivity index (χ0v) is 14.1. The summed E-state index contributed by atoms with van der Waals surface area (Å²) in [6.07, 6.45) is 27.3. The number of hydrogen-bond donors (Lipinski definition) is 1. The van der Waals surface area contributed by atoms with Crippen LogP contribution in [0.3, 0.4) is 0 Å². The van der Waals surface area contributed by atoms with E-state index >= 15 is 0 Å². The maximum Gasteiger partial charge on any atom is 0.0402 e. The lowest BCUT2D eigenvalue weighted by molar-refractivity contribution is 0.318. The van der Waals surface area contributed by atoms with Crippen LogP contribution in [0.5, 0.6) is 0 Å². The van der Waals surface area contributed by atoms with Crippen molar-refractivity contribution < 1.29 is 5.11 Å². The van der Waals surface area contributed by atoms with Crippen molar-refractivity contribution in [3.8, 4) is 0 Å². The first-order valence-corrected chi connectivity index (χ1v) is 8.58. The van der Waals surface area contributed by atoms with Crippen molar-refractivity contribution in [2.45, 2.75) is 71.6 Å². The molecule has 1 rings (SSSR count). The summed E-state index contributed by atoms with van der Waals surface area (Å²) in [6, 6.07) is 0. The Morgan fingerprint density at radius 2 is 1.33 bits per heavy atom. The number of hydrogen-bond acceptors (Lipinski definition) is 1. The largest absolute Gasteiger partial charge is 0.397 e. The Morgan fingerprint density at radius 3 is 1.86 bits per heavy atom. The van der Waals surface area contributed by atoms with Crippen molar-refractivity contribution in [3.05, 3.63) is 48.1 Å². The van der Waals surface area contributed by atoms with E-state index in [0.717, 1.165) is 19.3 Å². The topological polar surface area (TPSA) is 20.2 Å². The highest BCUT2D eigenvalue weighted by Crippen LogP contribution is 2.27. The van der Waals surface area contributed by atoms with Gasteiger partial charge < -0.3 is 5.11 Å². The van der Waals surface area contributed by atoms with E-state index < -0.39 is 0 Å². The molecule has 0 amide bonds. The normalized spacial score (nSPS) is 14.0. The summed E-state index contributed by atoms with van der Waals surface area (Å²) in [4.78, 5) is 0. The maximum absolute atomic E-state index is 7.57. The second-order valence-electron chi connectivity index (χ2n) is 5.30. The first-order valence-electron chi connectivity index (χ1n) is 8.58. The van der Waals surface area contributed by atoms with Gasteiger partial charge in [0, 0.05) is 6.61 Å². The van der Waals surface area contributed by atoms with Gasteiger partial charge >= 0.3 is 0 Å². The molecule has 0 atom stereocenters. The van der Waals surface area contributed by atoms with Gasteiger partial charge in [0.25, 0.3) is 0 Å². The monoisotopic (exact) mass is 290 g/mol. The van der Waals surface area contributed by atoms with E-state index in [1.807, 2.05) is 0 Å². The van der Waals surface area contributed by atoms with Gasteiger partial charge in [-0.2, -0.15) is 0 Å². The van der Waals surface area contributed by atoms with Crippen molar-refractivity contribution in [3.63, 3.8) is 0 Å². The fourth-order valence-electron chi connectivity index (χ4n) is 1.78. The Morgan fingerprint density at radius 1 is 0.810 bits per heavy atom. The van der Waals surface area contributed by atoms with Crippen LogP contribution in [-0.2, 0) is 0 Å². The van der Waals surface area contributed by atoms with Crippen LogP contribution in [0.2, 0.25) is 0 Å². The summed E-state index contributed by atoms with van der Waals surface area (Å²) in [6.45, 7) is 4.18. The first-order chi connectivity index (χ1) is 10.3. The fourth-order valence-corrected chi connectivity index (χ4v) is 1.78. The van der Waals surface area contributed by atoms with Gasteiger partial charge in [-0.3, -0.25) is 0 Å². The summed E-state index contributed by atoms with van der Waals surface area (Å²) >= 11 is 0. The molecule has 0 heterocycles. The van der Waals surface area contributed by atoms with E-state index in [1.54, 1.807) is 12.5 Å². The summed E-state index contributed by atoms with van der Waals surface area (Å²) in [5.41, 5.74) is 1.64. The van der Waals surface area contributed by atoms with Gasteiger partial charge in [0.05, 0.1) is 0 Å². The van der Waals surface area contributed by atoms with Gasteiger partial charge in [-0.1, -0.05) is 67.9 Å². The standard InChI is InChI=1S/C18H28.C2H6O/c1-2-3-4-5-6-7-8-9-10-11-12-13-14-15-18-16-17-18;1-2-3/h6-7,9-10,12-13,15H,2-5,8,11,14,16-17H2,1H3;3H,2H2,1H3/b7-6+,10-9+,13-12+;. The molecule has 1 fully saturated rings. The van der Waals surface area contributed by atoms with Crippen molar-refractivity contribution in [1.82, 2.24) is 0 Å². The highest BCUT2D eigenvalue weighted by atomic mass is 16.2. The molecule has 1 heteroatoms. The lowest BCUT2D eigenvalue weighted by atomic mass is 10.2. The molecule has 21 heavy (non-hydrogen) atoms. The van der Waals surface area contributed by atoms with Gasteiger partial charge in [-0.05, 0) is 51.9 Å². The van der Waals surface area contributed by atoms with Gasteiger partial charge in [0.2, 0.25) is 0 Å². The quantitative estimate of drug-likeness (QED) is 0.379. The van der Waals surface area contributed by atoms with E-state index in [-0.39, 0.29) is 6.61 Å². The molecule has 1 N–H and O–H groups in total. The van der Waals surface area contributed by atoms with Gasteiger partial charge in [-0.15, -0.1) is 0 Å². The minimum atomic E-state index is 0.250. The predicted molar refractivity (Wildman–Crippen MR) is 95.5 cm³/mol. The van der Waals surface area contributed by atoms with Crippen molar-refractivity contribution in [2.24, 2.45) is 0 Å². The van der Waals surface area contributed by atoms with Crippen LogP contribution in [0.25, 0.3) is 0 Å². The van der Waals surface area contributed by atoms with Crippen LogP contribution in [0.4, 0.5) is 0 Å². The van der Waals surface area contributed by atoms with E-state index in [0.29, 0.717) is 0 Å². The van der Waals surface area contributed by atoms with E-state index in [2.05, 4.69) is 49.5 Å². The molecule has 1 aliphatic carbocycles. The third-order valence-corrected chi connectivity index (χ3v) is 3.10. The molecule has 0 spiro atoms. The number of rotatable bonds is 10. The van der Waals surface area contributed by atoms with Crippen LogP contribution in [0.15, 0.2) is 48.1 Å². The van der Waals surface area contributed by atoms with Gasteiger partial charge in [0.1, 0.15) is 0 Å². The summed E-state index contributed by atoms with van der Waals surface area (Å²) < 4.78 is 0. The van der Waals surface area contributed by atoms with E-state index in [4.69, 9.17) is 5.11 Å². The average Bonchev–Trinajstić information content (AvgIpc) is 3.29. The first kappa shape index (κ1) is 19.9. The maximum atomic E-state index is 7.57. The molecule has 120 valence electrons. The zero-order valence-electron chi connectivity index (χ0n) is 14.1. The fraction of sp³-hybridized carbons (Fsp3) is 0.600. The second-order valence-corrected chi connectivity index (χ2v) is 5.30. The molecule has 0 bridgehead atoms. The van der Waals surface area contributed by atoms with Crippen molar-refractivity contribution >= 4 is 0 Å². The molecule has 1 nitrogen and oxygen atoms in total. The number of aliphatic hydroxyl groups excluding tert-OH is 1. The zero-order chi connectivity index (χ0) is 15.6. The number of aliphatic hydroxyl groups is 1. The van der Waals surface area contributed by atoms with Crippen LogP contribution < -0.4 is 0 Å². The minimum absolute atomic E-state index is 0.250. The molecular weight excluding hydrogens is 256 g/mol. The Kier molecular flexibility index (Phi) is 16.1. The molecule has 0 radical (unpaired) electrons. The number of allylic oxidation sites excluding steroid dienone is 8. The second kappa shape index (κ2) is 17.0. The molecule has 0 unspecified atom stereocenters.